The third-order valence-electron chi connectivity index (χ3n) is 3.10. The average molecular weight is 248 g/mol. The van der Waals surface area contributed by atoms with E-state index in [4.69, 9.17) is 0 Å². The molecule has 0 fully saturated rings. The lowest BCUT2D eigenvalue weighted by molar-refractivity contribution is -0.116. The Kier molecular flexibility index (Phi) is 6.44. The molecule has 0 bridgehead atoms. The second kappa shape index (κ2) is 7.88. The van der Waals surface area contributed by atoms with Gasteiger partial charge in [0.25, 0.3) is 0 Å². The van der Waals surface area contributed by atoms with Gasteiger partial charge in [-0.05, 0) is 37.5 Å². The van der Waals surface area contributed by atoms with E-state index in [0.29, 0.717) is 12.5 Å². The van der Waals surface area contributed by atoms with Crippen LogP contribution in [0.4, 0.5) is 5.69 Å². The van der Waals surface area contributed by atoms with Crippen LogP contribution >= 0.6 is 0 Å². The van der Waals surface area contributed by atoms with E-state index in [1.54, 1.807) is 0 Å². The van der Waals surface area contributed by atoms with Gasteiger partial charge in [0.15, 0.2) is 0 Å². The van der Waals surface area contributed by atoms with E-state index in [-0.39, 0.29) is 5.91 Å². The molecule has 0 saturated carbocycles. The van der Waals surface area contributed by atoms with Gasteiger partial charge in [0.1, 0.15) is 0 Å². The summed E-state index contributed by atoms with van der Waals surface area (Å²) in [7, 11) is 0. The summed E-state index contributed by atoms with van der Waals surface area (Å²) in [6.45, 7) is 7.11. The summed E-state index contributed by atoms with van der Waals surface area (Å²) in [6, 6.07) is 8.49. The van der Waals surface area contributed by atoms with Crippen molar-refractivity contribution < 1.29 is 4.79 Å². The lowest BCUT2D eigenvalue weighted by Gasteiger charge is -2.11. The van der Waals surface area contributed by atoms with Gasteiger partial charge < -0.3 is 10.6 Å². The predicted octanol–water partition coefficient (Wildman–Crippen LogP) is 2.97. The van der Waals surface area contributed by atoms with E-state index in [9.17, 15) is 4.79 Å². The fourth-order valence-corrected chi connectivity index (χ4v) is 1.62. The summed E-state index contributed by atoms with van der Waals surface area (Å²) < 4.78 is 0. The van der Waals surface area contributed by atoms with Crippen molar-refractivity contribution in [3.63, 3.8) is 0 Å². The van der Waals surface area contributed by atoms with Crippen LogP contribution < -0.4 is 10.6 Å². The third-order valence-corrected chi connectivity index (χ3v) is 3.10. The molecule has 2 N–H and O–H groups in total. The average Bonchev–Trinajstić information content (AvgIpc) is 2.39. The van der Waals surface area contributed by atoms with Crippen LogP contribution in [-0.2, 0) is 11.2 Å². The SMILES string of the molecule is CCc1ccc(NC(=O)CCNC(C)CC)cc1. The van der Waals surface area contributed by atoms with Crippen molar-refractivity contribution in [3.05, 3.63) is 29.8 Å². The van der Waals surface area contributed by atoms with Crippen LogP contribution in [0, 0.1) is 0 Å². The Balaban J connectivity index is 2.30. The number of hydrogen-bond acceptors (Lipinski definition) is 2. The van der Waals surface area contributed by atoms with Crippen molar-refractivity contribution in [2.45, 2.75) is 46.1 Å². The van der Waals surface area contributed by atoms with Crippen LogP contribution in [0.5, 0.6) is 0 Å². The number of benzene rings is 1. The summed E-state index contributed by atoms with van der Waals surface area (Å²) in [5.41, 5.74) is 2.16. The van der Waals surface area contributed by atoms with E-state index in [2.05, 4.69) is 31.4 Å². The van der Waals surface area contributed by atoms with Crippen LogP contribution in [-0.4, -0.2) is 18.5 Å². The van der Waals surface area contributed by atoms with Gasteiger partial charge in [-0.3, -0.25) is 4.79 Å². The first-order valence-corrected chi connectivity index (χ1v) is 6.77. The summed E-state index contributed by atoms with van der Waals surface area (Å²) in [5, 5.41) is 6.21. The number of amides is 1. The molecular weight excluding hydrogens is 224 g/mol. The third kappa shape index (κ3) is 5.32. The number of anilines is 1. The van der Waals surface area contributed by atoms with E-state index in [1.165, 1.54) is 5.56 Å². The Hall–Kier alpha value is -1.35. The molecule has 0 aliphatic heterocycles. The lowest BCUT2D eigenvalue weighted by Crippen LogP contribution is -2.28. The predicted molar refractivity (Wildman–Crippen MR) is 76.8 cm³/mol. The first-order valence-electron chi connectivity index (χ1n) is 6.77. The molecule has 1 atom stereocenters. The second-order valence-electron chi connectivity index (χ2n) is 4.61. The van der Waals surface area contributed by atoms with Crippen molar-refractivity contribution in [1.29, 1.82) is 0 Å². The maximum absolute atomic E-state index is 11.7. The highest BCUT2D eigenvalue weighted by Crippen LogP contribution is 2.10. The second-order valence-corrected chi connectivity index (χ2v) is 4.61. The molecule has 0 saturated heterocycles. The van der Waals surface area contributed by atoms with Gasteiger partial charge in [0.2, 0.25) is 5.91 Å². The maximum Gasteiger partial charge on any atom is 0.225 e. The van der Waals surface area contributed by atoms with Crippen LogP contribution in [0.3, 0.4) is 0 Å². The number of carbonyl (C=O) groups excluding carboxylic acids is 1. The van der Waals surface area contributed by atoms with Crippen molar-refractivity contribution in [2.75, 3.05) is 11.9 Å². The van der Waals surface area contributed by atoms with E-state index in [0.717, 1.165) is 25.1 Å². The van der Waals surface area contributed by atoms with E-state index in [1.807, 2.05) is 24.3 Å². The minimum absolute atomic E-state index is 0.0649. The van der Waals surface area contributed by atoms with Crippen molar-refractivity contribution in [1.82, 2.24) is 5.32 Å². The molecule has 0 aromatic heterocycles. The number of hydrogen-bond donors (Lipinski definition) is 2. The quantitative estimate of drug-likeness (QED) is 0.779. The molecule has 1 unspecified atom stereocenters. The first kappa shape index (κ1) is 14.7. The molecule has 0 aliphatic rings. The monoisotopic (exact) mass is 248 g/mol. The standard InChI is InChI=1S/C15H24N2O/c1-4-12(3)16-11-10-15(18)17-14-8-6-13(5-2)7-9-14/h6-9,12,16H,4-5,10-11H2,1-3H3,(H,17,18). The summed E-state index contributed by atoms with van der Waals surface area (Å²) >= 11 is 0. The first-order chi connectivity index (χ1) is 8.65. The Bertz CT molecular complexity index is 359. The molecule has 0 aliphatic carbocycles. The van der Waals surface area contributed by atoms with Crippen LogP contribution in [0.15, 0.2) is 24.3 Å². The topological polar surface area (TPSA) is 41.1 Å². The molecule has 3 heteroatoms. The summed E-state index contributed by atoms with van der Waals surface area (Å²) in [4.78, 5) is 11.7. The van der Waals surface area contributed by atoms with Gasteiger partial charge >= 0.3 is 0 Å². The van der Waals surface area contributed by atoms with Gasteiger partial charge in [0, 0.05) is 24.7 Å². The van der Waals surface area contributed by atoms with Gasteiger partial charge in [-0.1, -0.05) is 26.0 Å². The fourth-order valence-electron chi connectivity index (χ4n) is 1.62. The molecule has 0 heterocycles. The summed E-state index contributed by atoms with van der Waals surface area (Å²) in [6.07, 6.45) is 2.62. The van der Waals surface area contributed by atoms with E-state index < -0.39 is 0 Å². The van der Waals surface area contributed by atoms with Crippen molar-refractivity contribution in [2.24, 2.45) is 0 Å². The van der Waals surface area contributed by atoms with Gasteiger partial charge in [-0.25, -0.2) is 0 Å². The Morgan fingerprint density at radius 3 is 2.44 bits per heavy atom. The van der Waals surface area contributed by atoms with Crippen LogP contribution in [0.1, 0.15) is 39.2 Å². The minimum atomic E-state index is 0.0649. The van der Waals surface area contributed by atoms with Crippen LogP contribution in [0.25, 0.3) is 0 Å². The number of rotatable bonds is 7. The van der Waals surface area contributed by atoms with Gasteiger partial charge in [0.05, 0.1) is 0 Å². The highest BCUT2D eigenvalue weighted by atomic mass is 16.1. The smallest absolute Gasteiger partial charge is 0.225 e. The molecular formula is C15H24N2O. The summed E-state index contributed by atoms with van der Waals surface area (Å²) in [5.74, 6) is 0.0649. The molecule has 1 rings (SSSR count). The molecule has 1 aromatic rings. The van der Waals surface area contributed by atoms with Gasteiger partial charge in [-0.15, -0.1) is 0 Å². The van der Waals surface area contributed by atoms with Gasteiger partial charge in [-0.2, -0.15) is 0 Å². The lowest BCUT2D eigenvalue weighted by atomic mass is 10.1. The molecule has 18 heavy (non-hydrogen) atoms. The maximum atomic E-state index is 11.7. The Labute approximate surface area is 110 Å². The number of carbonyl (C=O) groups is 1. The number of aryl methyl sites for hydroxylation is 1. The molecule has 0 radical (unpaired) electrons. The Morgan fingerprint density at radius 1 is 1.22 bits per heavy atom. The molecule has 100 valence electrons. The molecule has 1 aromatic carbocycles. The van der Waals surface area contributed by atoms with Crippen molar-refractivity contribution in [3.8, 4) is 0 Å². The highest BCUT2D eigenvalue weighted by molar-refractivity contribution is 5.90. The zero-order chi connectivity index (χ0) is 13.4. The molecule has 3 nitrogen and oxygen atoms in total. The van der Waals surface area contributed by atoms with Crippen molar-refractivity contribution >= 4 is 11.6 Å². The molecule has 0 spiro atoms. The largest absolute Gasteiger partial charge is 0.326 e. The number of nitrogens with one attached hydrogen (secondary N) is 2. The highest BCUT2D eigenvalue weighted by Gasteiger charge is 2.03. The fraction of sp³-hybridized carbons (Fsp3) is 0.533. The Morgan fingerprint density at radius 2 is 1.89 bits per heavy atom. The molecule has 1 amide bonds. The minimum Gasteiger partial charge on any atom is -0.326 e. The zero-order valence-corrected chi connectivity index (χ0v) is 11.6. The van der Waals surface area contributed by atoms with E-state index >= 15 is 0 Å². The normalized spacial score (nSPS) is 12.2. The van der Waals surface area contributed by atoms with Crippen LogP contribution in [0.2, 0.25) is 0 Å². The zero-order valence-electron chi connectivity index (χ0n) is 11.6.